The molecule has 0 aliphatic rings. The number of thiophene rings is 1. The van der Waals surface area contributed by atoms with E-state index in [1.54, 1.807) is 0 Å². The summed E-state index contributed by atoms with van der Waals surface area (Å²) in [7, 11) is 0. The number of hydrogen-bond acceptors (Lipinski definition) is 2. The second-order valence-electron chi connectivity index (χ2n) is 4.06. The van der Waals surface area contributed by atoms with Crippen molar-refractivity contribution >= 4 is 38.9 Å². The topological polar surface area (TPSA) is 20.2 Å². The molecule has 18 heavy (non-hydrogen) atoms. The van der Waals surface area contributed by atoms with Gasteiger partial charge in [-0.1, -0.05) is 11.6 Å². The van der Waals surface area contributed by atoms with Gasteiger partial charge in [-0.25, -0.2) is 4.39 Å². The summed E-state index contributed by atoms with van der Waals surface area (Å²) in [6.07, 6.45) is -0.359. The molecule has 0 saturated carbocycles. The molecule has 1 aromatic heterocycles. The number of aliphatic hydroxyl groups is 1. The average molecular weight is 350 g/mol. The van der Waals surface area contributed by atoms with Crippen LogP contribution >= 0.6 is 38.9 Å². The fourth-order valence-electron chi connectivity index (χ4n) is 1.66. The van der Waals surface area contributed by atoms with Crippen molar-refractivity contribution in [1.29, 1.82) is 0 Å². The van der Waals surface area contributed by atoms with Gasteiger partial charge in [-0.05, 0) is 58.2 Å². The molecule has 1 nitrogen and oxygen atoms in total. The summed E-state index contributed by atoms with van der Waals surface area (Å²) in [5.74, 6) is -0.342. The Morgan fingerprint density at radius 2 is 2.17 bits per heavy atom. The molecular weight excluding hydrogens is 339 g/mol. The third-order valence-electron chi connectivity index (χ3n) is 2.63. The van der Waals surface area contributed by atoms with Crippen LogP contribution in [0, 0.1) is 12.7 Å². The van der Waals surface area contributed by atoms with Crippen LogP contribution in [0.5, 0.6) is 0 Å². The molecule has 0 saturated heterocycles. The third-order valence-corrected chi connectivity index (χ3v) is 5.23. The van der Waals surface area contributed by atoms with Crippen molar-refractivity contribution in [3.8, 4) is 0 Å². The van der Waals surface area contributed by atoms with Crippen molar-refractivity contribution in [2.24, 2.45) is 0 Å². The summed E-state index contributed by atoms with van der Waals surface area (Å²) >= 11 is 10.9. The number of benzene rings is 1. The minimum absolute atomic E-state index is 0.309. The van der Waals surface area contributed by atoms with Gasteiger partial charge in [-0.3, -0.25) is 0 Å². The molecular formula is C13H11BrClFOS. The molecule has 96 valence electrons. The highest BCUT2D eigenvalue weighted by molar-refractivity contribution is 9.11. The summed E-state index contributed by atoms with van der Waals surface area (Å²) in [6.45, 7) is 1.96. The van der Waals surface area contributed by atoms with Gasteiger partial charge in [-0.2, -0.15) is 0 Å². The first kappa shape index (κ1) is 14.0. The predicted octanol–water partition coefficient (Wildman–Crippen LogP) is 4.89. The van der Waals surface area contributed by atoms with Gasteiger partial charge in [0, 0.05) is 16.3 Å². The first-order valence-corrected chi connectivity index (χ1v) is 7.34. The lowest BCUT2D eigenvalue weighted by Gasteiger charge is -2.10. The van der Waals surface area contributed by atoms with E-state index in [1.165, 1.54) is 29.5 Å². The third kappa shape index (κ3) is 3.12. The quantitative estimate of drug-likeness (QED) is 0.836. The van der Waals surface area contributed by atoms with E-state index in [1.807, 2.05) is 13.0 Å². The van der Waals surface area contributed by atoms with Gasteiger partial charge in [0.1, 0.15) is 5.82 Å². The number of aliphatic hydroxyl groups excluding tert-OH is 1. The van der Waals surface area contributed by atoms with Gasteiger partial charge < -0.3 is 5.11 Å². The molecule has 0 aliphatic heterocycles. The van der Waals surface area contributed by atoms with E-state index in [0.717, 1.165) is 14.2 Å². The zero-order valence-corrected chi connectivity index (χ0v) is 12.7. The van der Waals surface area contributed by atoms with Crippen LogP contribution in [0.15, 0.2) is 28.1 Å². The molecule has 2 aromatic rings. The maximum Gasteiger partial charge on any atom is 0.123 e. The van der Waals surface area contributed by atoms with Crippen LogP contribution in [-0.2, 0) is 6.42 Å². The van der Waals surface area contributed by atoms with Gasteiger partial charge in [-0.15, -0.1) is 11.3 Å². The predicted molar refractivity (Wildman–Crippen MR) is 76.8 cm³/mol. The molecule has 1 atom stereocenters. The van der Waals surface area contributed by atoms with E-state index >= 15 is 0 Å². The van der Waals surface area contributed by atoms with Crippen molar-refractivity contribution in [2.75, 3.05) is 0 Å². The lowest BCUT2D eigenvalue weighted by atomic mass is 10.1. The molecule has 0 radical (unpaired) electrons. The Morgan fingerprint density at radius 1 is 1.44 bits per heavy atom. The van der Waals surface area contributed by atoms with Crippen LogP contribution in [0.25, 0.3) is 0 Å². The molecule has 1 N–H and O–H groups in total. The molecule has 1 unspecified atom stereocenters. The van der Waals surface area contributed by atoms with Crippen molar-refractivity contribution in [1.82, 2.24) is 0 Å². The maximum absolute atomic E-state index is 13.1. The Morgan fingerprint density at radius 3 is 2.78 bits per heavy atom. The fourth-order valence-corrected chi connectivity index (χ4v) is 3.41. The molecule has 5 heteroatoms. The Hall–Kier alpha value is -0.420. The zero-order valence-electron chi connectivity index (χ0n) is 9.58. The number of aryl methyl sites for hydroxylation is 1. The molecule has 2 rings (SSSR count). The standard InChI is InChI=1S/C13H11BrClFOS/c1-7-4-12(18-13(7)14)11(17)6-8-5-9(16)2-3-10(8)15/h2-5,11,17H,6H2,1H3. The van der Waals surface area contributed by atoms with E-state index in [0.29, 0.717) is 17.0 Å². The molecule has 0 bridgehead atoms. The summed E-state index contributed by atoms with van der Waals surface area (Å²) in [4.78, 5) is 0.847. The Labute approximate surface area is 122 Å². The lowest BCUT2D eigenvalue weighted by Crippen LogP contribution is -2.00. The normalized spacial score (nSPS) is 12.7. The zero-order chi connectivity index (χ0) is 13.3. The minimum atomic E-state index is -0.667. The van der Waals surface area contributed by atoms with Crippen LogP contribution in [0.1, 0.15) is 22.1 Å². The van der Waals surface area contributed by atoms with E-state index in [-0.39, 0.29) is 5.82 Å². The summed E-state index contributed by atoms with van der Waals surface area (Å²) in [5.41, 5.74) is 1.70. The van der Waals surface area contributed by atoms with Crippen LogP contribution in [0.3, 0.4) is 0 Å². The number of halogens is 3. The van der Waals surface area contributed by atoms with E-state index in [2.05, 4.69) is 15.9 Å². The van der Waals surface area contributed by atoms with E-state index in [4.69, 9.17) is 11.6 Å². The highest BCUT2D eigenvalue weighted by Gasteiger charge is 2.15. The summed E-state index contributed by atoms with van der Waals surface area (Å²) in [5, 5.41) is 10.6. The van der Waals surface area contributed by atoms with Crippen molar-refractivity contribution in [3.05, 3.63) is 54.9 Å². The SMILES string of the molecule is Cc1cc(C(O)Cc2cc(F)ccc2Cl)sc1Br. The van der Waals surface area contributed by atoms with Crippen molar-refractivity contribution < 1.29 is 9.50 Å². The maximum atomic E-state index is 13.1. The van der Waals surface area contributed by atoms with E-state index in [9.17, 15) is 9.50 Å². The minimum Gasteiger partial charge on any atom is -0.387 e. The van der Waals surface area contributed by atoms with Crippen LogP contribution in [-0.4, -0.2) is 5.11 Å². The molecule has 0 fully saturated rings. The van der Waals surface area contributed by atoms with Crippen molar-refractivity contribution in [2.45, 2.75) is 19.4 Å². The highest BCUT2D eigenvalue weighted by atomic mass is 79.9. The molecule has 0 aliphatic carbocycles. The Kier molecular flexibility index (Phi) is 4.43. The molecule has 1 heterocycles. The van der Waals surface area contributed by atoms with Crippen LogP contribution in [0.4, 0.5) is 4.39 Å². The molecule has 0 amide bonds. The molecule has 0 spiro atoms. The number of rotatable bonds is 3. The first-order chi connectivity index (χ1) is 8.47. The van der Waals surface area contributed by atoms with Crippen LogP contribution < -0.4 is 0 Å². The second-order valence-corrected chi connectivity index (χ2v) is 6.87. The van der Waals surface area contributed by atoms with Gasteiger partial charge in [0.25, 0.3) is 0 Å². The second kappa shape index (κ2) is 5.70. The first-order valence-electron chi connectivity index (χ1n) is 5.35. The smallest absolute Gasteiger partial charge is 0.123 e. The van der Waals surface area contributed by atoms with Gasteiger partial charge in [0.15, 0.2) is 0 Å². The average Bonchev–Trinajstić information content (AvgIpc) is 2.64. The summed E-state index contributed by atoms with van der Waals surface area (Å²) < 4.78 is 14.1. The van der Waals surface area contributed by atoms with Gasteiger partial charge in [0.05, 0.1) is 9.89 Å². The number of hydrogen-bond donors (Lipinski definition) is 1. The Balaban J connectivity index is 2.20. The van der Waals surface area contributed by atoms with Gasteiger partial charge >= 0.3 is 0 Å². The molecule has 1 aromatic carbocycles. The fraction of sp³-hybridized carbons (Fsp3) is 0.231. The summed E-state index contributed by atoms with van der Waals surface area (Å²) in [6, 6.07) is 6.10. The highest BCUT2D eigenvalue weighted by Crippen LogP contribution is 2.33. The monoisotopic (exact) mass is 348 g/mol. The van der Waals surface area contributed by atoms with Gasteiger partial charge in [0.2, 0.25) is 0 Å². The lowest BCUT2D eigenvalue weighted by molar-refractivity contribution is 0.182. The van der Waals surface area contributed by atoms with Crippen LogP contribution in [0.2, 0.25) is 5.02 Å². The van der Waals surface area contributed by atoms with Crippen molar-refractivity contribution in [3.63, 3.8) is 0 Å². The van der Waals surface area contributed by atoms with E-state index < -0.39 is 6.10 Å². The Bertz CT molecular complexity index is 551. The largest absolute Gasteiger partial charge is 0.387 e.